The molecule has 6 nitrogen and oxygen atoms in total. The van der Waals surface area contributed by atoms with E-state index in [9.17, 15) is 0 Å². The summed E-state index contributed by atoms with van der Waals surface area (Å²) in [5, 5.41) is 3.28. The first kappa shape index (κ1) is 16.5. The van der Waals surface area contributed by atoms with Crippen LogP contribution in [0.25, 0.3) is 0 Å². The van der Waals surface area contributed by atoms with Crippen molar-refractivity contribution in [3.8, 4) is 5.75 Å². The third-order valence-electron chi connectivity index (χ3n) is 3.48. The molecule has 0 spiro atoms. The van der Waals surface area contributed by atoms with Crippen LogP contribution in [0.5, 0.6) is 5.75 Å². The predicted octanol–water partition coefficient (Wildman–Crippen LogP) is 1.39. The van der Waals surface area contributed by atoms with E-state index in [0.29, 0.717) is 13.2 Å². The summed E-state index contributed by atoms with van der Waals surface area (Å²) >= 11 is 0. The number of guanidine groups is 1. The molecule has 1 aliphatic carbocycles. The second kappa shape index (κ2) is 9.25. The van der Waals surface area contributed by atoms with Crippen molar-refractivity contribution in [2.75, 3.05) is 47.0 Å². The van der Waals surface area contributed by atoms with Crippen LogP contribution in [0.4, 0.5) is 0 Å². The number of likely N-dealkylation sites (N-methyl/N-ethyl adjacent to an activating group) is 1. The van der Waals surface area contributed by atoms with E-state index in [2.05, 4.69) is 20.2 Å². The average molecular weight is 306 g/mol. The fourth-order valence-electron chi connectivity index (χ4n) is 1.99. The Morgan fingerprint density at radius 2 is 2.32 bits per heavy atom. The highest BCUT2D eigenvalue weighted by molar-refractivity contribution is 5.79. The largest absolute Gasteiger partial charge is 0.490 e. The Hall–Kier alpha value is -1.82. The fraction of sp³-hybridized carbons (Fsp3) is 0.625. The van der Waals surface area contributed by atoms with E-state index in [4.69, 9.17) is 9.47 Å². The van der Waals surface area contributed by atoms with Gasteiger partial charge in [-0.2, -0.15) is 0 Å². The lowest BCUT2D eigenvalue weighted by Crippen LogP contribution is -2.42. The van der Waals surface area contributed by atoms with E-state index in [-0.39, 0.29) is 0 Å². The second-order valence-corrected chi connectivity index (χ2v) is 5.45. The second-order valence-electron chi connectivity index (χ2n) is 5.45. The molecule has 0 bridgehead atoms. The number of rotatable bonds is 9. The lowest BCUT2D eigenvalue weighted by atomic mass is 10.5. The minimum absolute atomic E-state index is 0.566. The maximum Gasteiger partial charge on any atom is 0.193 e. The quantitative estimate of drug-likeness (QED) is 0.424. The van der Waals surface area contributed by atoms with E-state index in [1.54, 1.807) is 19.4 Å². The lowest BCUT2D eigenvalue weighted by molar-refractivity contribution is 0.115. The monoisotopic (exact) mass is 306 g/mol. The van der Waals surface area contributed by atoms with Gasteiger partial charge in [-0.05, 0) is 30.9 Å². The zero-order valence-electron chi connectivity index (χ0n) is 13.5. The number of aliphatic imine (C=N–C) groups is 1. The van der Waals surface area contributed by atoms with Crippen molar-refractivity contribution >= 4 is 5.96 Å². The molecule has 6 heteroatoms. The van der Waals surface area contributed by atoms with Gasteiger partial charge in [0, 0.05) is 33.4 Å². The predicted molar refractivity (Wildman–Crippen MR) is 87.3 cm³/mol. The SMILES string of the molecule is CN=C(NCCOc1cccnc1)N(C)CCOCC1CC1. The molecule has 1 saturated carbocycles. The molecule has 0 aliphatic heterocycles. The van der Waals surface area contributed by atoms with Crippen molar-refractivity contribution < 1.29 is 9.47 Å². The zero-order chi connectivity index (χ0) is 15.6. The summed E-state index contributed by atoms with van der Waals surface area (Å²) in [5.74, 6) is 2.44. The highest BCUT2D eigenvalue weighted by atomic mass is 16.5. The summed E-state index contributed by atoms with van der Waals surface area (Å²) in [4.78, 5) is 10.3. The maximum atomic E-state index is 5.65. The van der Waals surface area contributed by atoms with E-state index in [1.807, 2.05) is 19.2 Å². The number of hydrogen-bond acceptors (Lipinski definition) is 4. The van der Waals surface area contributed by atoms with E-state index in [0.717, 1.165) is 37.4 Å². The van der Waals surface area contributed by atoms with Crippen LogP contribution in [0.1, 0.15) is 12.8 Å². The number of nitrogens with zero attached hydrogens (tertiary/aromatic N) is 3. The van der Waals surface area contributed by atoms with Gasteiger partial charge in [0.25, 0.3) is 0 Å². The van der Waals surface area contributed by atoms with Gasteiger partial charge < -0.3 is 19.7 Å². The van der Waals surface area contributed by atoms with E-state index in [1.165, 1.54) is 12.8 Å². The summed E-state index contributed by atoms with van der Waals surface area (Å²) in [6.45, 7) is 3.72. The van der Waals surface area contributed by atoms with Gasteiger partial charge >= 0.3 is 0 Å². The Bertz CT molecular complexity index is 449. The van der Waals surface area contributed by atoms with Crippen LogP contribution in [-0.2, 0) is 4.74 Å². The van der Waals surface area contributed by atoms with Crippen LogP contribution >= 0.6 is 0 Å². The Balaban J connectivity index is 1.57. The first-order valence-corrected chi connectivity index (χ1v) is 7.82. The van der Waals surface area contributed by atoms with Crippen LogP contribution in [0.3, 0.4) is 0 Å². The van der Waals surface area contributed by atoms with Crippen molar-refractivity contribution in [1.82, 2.24) is 15.2 Å². The highest BCUT2D eigenvalue weighted by Crippen LogP contribution is 2.28. The first-order chi connectivity index (χ1) is 10.8. The smallest absolute Gasteiger partial charge is 0.193 e. The minimum Gasteiger partial charge on any atom is -0.490 e. The summed E-state index contributed by atoms with van der Waals surface area (Å²) in [6, 6.07) is 3.75. The molecule has 22 heavy (non-hydrogen) atoms. The van der Waals surface area contributed by atoms with Gasteiger partial charge in [0.2, 0.25) is 0 Å². The molecule has 1 fully saturated rings. The molecule has 0 aromatic carbocycles. The van der Waals surface area contributed by atoms with Gasteiger partial charge in [0.1, 0.15) is 12.4 Å². The molecule has 0 saturated heterocycles. The Morgan fingerprint density at radius 3 is 3.00 bits per heavy atom. The molecular weight excluding hydrogens is 280 g/mol. The Morgan fingerprint density at radius 1 is 1.45 bits per heavy atom. The number of aromatic nitrogens is 1. The summed E-state index contributed by atoms with van der Waals surface area (Å²) in [6.07, 6.45) is 6.09. The molecular formula is C16H26N4O2. The maximum absolute atomic E-state index is 5.65. The van der Waals surface area contributed by atoms with E-state index < -0.39 is 0 Å². The van der Waals surface area contributed by atoms with Crippen molar-refractivity contribution in [2.45, 2.75) is 12.8 Å². The van der Waals surface area contributed by atoms with Gasteiger partial charge in [-0.3, -0.25) is 9.98 Å². The molecule has 1 heterocycles. The number of pyridine rings is 1. The molecule has 0 amide bonds. The van der Waals surface area contributed by atoms with E-state index >= 15 is 0 Å². The van der Waals surface area contributed by atoms with Gasteiger partial charge in [-0.25, -0.2) is 0 Å². The average Bonchev–Trinajstić information content (AvgIpc) is 3.37. The third-order valence-corrected chi connectivity index (χ3v) is 3.48. The molecule has 1 aromatic rings. The molecule has 122 valence electrons. The van der Waals surface area contributed by atoms with Crippen molar-refractivity contribution in [1.29, 1.82) is 0 Å². The van der Waals surface area contributed by atoms with Crippen molar-refractivity contribution in [2.24, 2.45) is 10.9 Å². The van der Waals surface area contributed by atoms with Crippen LogP contribution in [-0.4, -0.2) is 62.8 Å². The fourth-order valence-corrected chi connectivity index (χ4v) is 1.99. The summed E-state index contributed by atoms with van der Waals surface area (Å²) in [7, 11) is 3.80. The summed E-state index contributed by atoms with van der Waals surface area (Å²) < 4.78 is 11.2. The molecule has 2 rings (SSSR count). The number of nitrogens with one attached hydrogen (secondary N) is 1. The standard InChI is InChI=1S/C16H26N4O2/c1-17-16(20(2)9-11-21-13-14-5-6-14)19-8-10-22-15-4-3-7-18-12-15/h3-4,7,12,14H,5-6,8-11,13H2,1-2H3,(H,17,19). The van der Waals surface area contributed by atoms with Crippen molar-refractivity contribution in [3.63, 3.8) is 0 Å². The van der Waals surface area contributed by atoms with Gasteiger partial charge in [0.15, 0.2) is 5.96 Å². The van der Waals surface area contributed by atoms with Crippen LogP contribution in [0.2, 0.25) is 0 Å². The van der Waals surface area contributed by atoms with Crippen LogP contribution in [0, 0.1) is 5.92 Å². The Kier molecular flexibility index (Phi) is 6.96. The topological polar surface area (TPSA) is 59.0 Å². The Labute approximate surface area is 132 Å². The molecule has 1 aromatic heterocycles. The molecule has 1 N–H and O–H groups in total. The lowest BCUT2D eigenvalue weighted by Gasteiger charge is -2.22. The molecule has 0 unspecified atom stereocenters. The first-order valence-electron chi connectivity index (χ1n) is 7.82. The van der Waals surface area contributed by atoms with Crippen LogP contribution in [0.15, 0.2) is 29.5 Å². The molecule has 0 radical (unpaired) electrons. The number of hydrogen-bond donors (Lipinski definition) is 1. The van der Waals surface area contributed by atoms with Gasteiger partial charge in [-0.1, -0.05) is 0 Å². The van der Waals surface area contributed by atoms with Crippen molar-refractivity contribution in [3.05, 3.63) is 24.5 Å². The highest BCUT2D eigenvalue weighted by Gasteiger charge is 2.21. The normalized spacial score (nSPS) is 14.7. The molecule has 1 aliphatic rings. The zero-order valence-corrected chi connectivity index (χ0v) is 13.5. The van der Waals surface area contributed by atoms with Gasteiger partial charge in [0.05, 0.1) is 19.3 Å². The van der Waals surface area contributed by atoms with Gasteiger partial charge in [-0.15, -0.1) is 0 Å². The van der Waals surface area contributed by atoms with Crippen LogP contribution < -0.4 is 10.1 Å². The minimum atomic E-state index is 0.566. The summed E-state index contributed by atoms with van der Waals surface area (Å²) in [5.41, 5.74) is 0. The third kappa shape index (κ3) is 6.30. The molecule has 0 atom stereocenters. The number of ether oxygens (including phenoxy) is 2.